The SMILES string of the molecule is CCN(CC)c1ccc(/C=C/c2ccc(C#Cc3ccc4c(c3)C(CCOCCOCCOC)(CCOCCOCCOC)c3cc(C#Cc5ccc(/C=C/c6ccc(N(CC)CCO)cc6)s5)ccc3-4)s2)cc1. The van der Waals surface area contributed by atoms with Crippen LogP contribution < -0.4 is 9.80 Å². The molecule has 2 heterocycles. The number of aliphatic hydroxyl groups is 1. The summed E-state index contributed by atoms with van der Waals surface area (Å²) in [4.78, 5) is 8.82. The van der Waals surface area contributed by atoms with Gasteiger partial charge in [0, 0.05) is 91.3 Å². The Hall–Kier alpha value is -5.80. The fraction of sp³-hybridized carbons (Fsp3) is 0.365. The zero-order valence-corrected chi connectivity index (χ0v) is 45.5. The molecule has 388 valence electrons. The molecule has 7 rings (SSSR count). The molecule has 0 unspecified atom stereocenters. The Morgan fingerprint density at radius 3 is 1.31 bits per heavy atom. The van der Waals surface area contributed by atoms with Crippen molar-refractivity contribution >= 4 is 58.4 Å². The molecule has 74 heavy (non-hydrogen) atoms. The average Bonchev–Trinajstić information content (AvgIpc) is 4.17. The van der Waals surface area contributed by atoms with Crippen LogP contribution in [0.3, 0.4) is 0 Å². The zero-order valence-electron chi connectivity index (χ0n) is 43.8. The number of fused-ring (bicyclic) bond motifs is 3. The Morgan fingerprint density at radius 1 is 0.473 bits per heavy atom. The molecule has 4 aromatic carbocycles. The van der Waals surface area contributed by atoms with Crippen molar-refractivity contribution in [2.45, 2.75) is 39.0 Å². The Balaban J connectivity index is 1.14. The van der Waals surface area contributed by atoms with Crippen molar-refractivity contribution in [1.82, 2.24) is 0 Å². The van der Waals surface area contributed by atoms with Crippen LogP contribution in [-0.4, -0.2) is 118 Å². The molecule has 9 nitrogen and oxygen atoms in total. The molecule has 0 atom stereocenters. The third-order valence-electron chi connectivity index (χ3n) is 13.1. The number of aliphatic hydroxyl groups excluding tert-OH is 1. The fourth-order valence-electron chi connectivity index (χ4n) is 9.15. The lowest BCUT2D eigenvalue weighted by Gasteiger charge is -2.32. The number of methoxy groups -OCH3 is 2. The summed E-state index contributed by atoms with van der Waals surface area (Å²) in [5.74, 6) is 14.0. The standard InChI is InChI=1S/C63H72N2O7S2/c1-6-64(7-2)53-19-9-49(10-20-53)13-23-55-27-29-57(73-55)25-15-51-17-31-59-60-32-18-52(16-26-58-30-28-56(74-58)24-14-50-11-21-54(22-12-50)65(8-3)35-36-66)48-62(60)63(61(59)47-51,33-37-69-43-45-71-41-39-67-4)34-38-70-44-46-72-42-40-68-5/h9-14,17-24,27-32,47-48,66H,6-8,33-46H2,1-5H3/b23-13+,24-14+. The third kappa shape index (κ3) is 15.9. The summed E-state index contributed by atoms with van der Waals surface area (Å²) in [7, 11) is 3.35. The first-order valence-corrected chi connectivity index (χ1v) is 27.5. The van der Waals surface area contributed by atoms with Gasteiger partial charge in [0.05, 0.1) is 69.2 Å². The van der Waals surface area contributed by atoms with E-state index in [1.54, 1.807) is 36.9 Å². The molecule has 0 spiro atoms. The predicted octanol–water partition coefficient (Wildman–Crippen LogP) is 12.0. The lowest BCUT2D eigenvalue weighted by atomic mass is 9.72. The molecular formula is C63H72N2O7S2. The average molecular weight is 1030 g/mol. The Labute approximate surface area is 448 Å². The van der Waals surface area contributed by atoms with E-state index in [0.29, 0.717) is 72.6 Å². The number of ether oxygens (including phenoxy) is 6. The van der Waals surface area contributed by atoms with Gasteiger partial charge in [-0.2, -0.15) is 0 Å². The van der Waals surface area contributed by atoms with Gasteiger partial charge in [0.1, 0.15) is 0 Å². The van der Waals surface area contributed by atoms with E-state index >= 15 is 0 Å². The van der Waals surface area contributed by atoms with Crippen molar-refractivity contribution in [3.8, 4) is 34.8 Å². The first-order chi connectivity index (χ1) is 36.4. The lowest BCUT2D eigenvalue weighted by Crippen LogP contribution is -2.30. The minimum Gasteiger partial charge on any atom is -0.395 e. The molecule has 11 heteroatoms. The Morgan fingerprint density at radius 2 is 0.892 bits per heavy atom. The molecule has 2 aromatic heterocycles. The van der Waals surface area contributed by atoms with Crippen molar-refractivity contribution in [2.75, 3.05) is 123 Å². The molecule has 0 fully saturated rings. The van der Waals surface area contributed by atoms with E-state index in [1.165, 1.54) is 33.5 Å². The second kappa shape index (κ2) is 29.9. The first-order valence-electron chi connectivity index (χ1n) is 25.9. The molecule has 0 bridgehead atoms. The van der Waals surface area contributed by atoms with Gasteiger partial charge in [-0.1, -0.05) is 72.2 Å². The fourth-order valence-corrected chi connectivity index (χ4v) is 10.7. The van der Waals surface area contributed by atoms with Crippen LogP contribution in [0, 0.1) is 23.7 Å². The molecule has 1 N–H and O–H groups in total. The normalized spacial score (nSPS) is 12.4. The topological polar surface area (TPSA) is 82.1 Å². The summed E-state index contributed by atoms with van der Waals surface area (Å²) >= 11 is 3.37. The van der Waals surface area contributed by atoms with Crippen molar-refractivity contribution in [3.63, 3.8) is 0 Å². The van der Waals surface area contributed by atoms with Gasteiger partial charge < -0.3 is 43.3 Å². The molecule has 0 radical (unpaired) electrons. The van der Waals surface area contributed by atoms with Crippen molar-refractivity contribution in [2.24, 2.45) is 0 Å². The van der Waals surface area contributed by atoms with E-state index in [2.05, 4.69) is 188 Å². The maximum absolute atomic E-state index is 9.44. The lowest BCUT2D eigenvalue weighted by molar-refractivity contribution is 0.0145. The van der Waals surface area contributed by atoms with Gasteiger partial charge in [-0.3, -0.25) is 0 Å². The van der Waals surface area contributed by atoms with Crippen LogP contribution in [0.1, 0.15) is 86.5 Å². The van der Waals surface area contributed by atoms with Crippen molar-refractivity contribution < 1.29 is 33.5 Å². The minimum absolute atomic E-state index is 0.134. The molecule has 0 aliphatic heterocycles. The summed E-state index contributed by atoms with van der Waals surface area (Å²) in [5.41, 5.74) is 11.0. The zero-order chi connectivity index (χ0) is 51.8. The highest BCUT2D eigenvalue weighted by atomic mass is 32.1. The maximum Gasteiger partial charge on any atom is 0.0778 e. The maximum atomic E-state index is 9.44. The number of benzene rings is 4. The summed E-state index contributed by atoms with van der Waals surface area (Å²) in [6.45, 7) is 15.2. The summed E-state index contributed by atoms with van der Waals surface area (Å²) in [6.07, 6.45) is 10.1. The highest BCUT2D eigenvalue weighted by molar-refractivity contribution is 7.13. The number of hydrogen-bond acceptors (Lipinski definition) is 11. The van der Waals surface area contributed by atoms with E-state index in [-0.39, 0.29) is 6.61 Å². The van der Waals surface area contributed by atoms with Gasteiger partial charge in [-0.15, -0.1) is 22.7 Å². The summed E-state index contributed by atoms with van der Waals surface area (Å²) < 4.78 is 34.5. The number of rotatable bonds is 29. The molecular weight excluding hydrogens is 961 g/mol. The van der Waals surface area contributed by atoms with Crippen LogP contribution >= 0.6 is 22.7 Å². The molecule has 6 aromatic rings. The second-order valence-electron chi connectivity index (χ2n) is 17.8. The smallest absolute Gasteiger partial charge is 0.0778 e. The van der Waals surface area contributed by atoms with E-state index in [1.807, 2.05) is 0 Å². The van der Waals surface area contributed by atoms with Crippen molar-refractivity contribution in [3.05, 3.63) is 162 Å². The molecule has 0 saturated carbocycles. The molecule has 0 saturated heterocycles. The Kier molecular flexibility index (Phi) is 22.6. The van der Waals surface area contributed by atoms with E-state index in [4.69, 9.17) is 28.4 Å². The van der Waals surface area contributed by atoms with E-state index in [9.17, 15) is 5.11 Å². The van der Waals surface area contributed by atoms with Gasteiger partial charge in [0.25, 0.3) is 0 Å². The van der Waals surface area contributed by atoms with Gasteiger partial charge in [-0.25, -0.2) is 0 Å². The highest BCUT2D eigenvalue weighted by Crippen LogP contribution is 2.53. The van der Waals surface area contributed by atoms with Gasteiger partial charge in [0.15, 0.2) is 0 Å². The number of anilines is 2. The van der Waals surface area contributed by atoms with Crippen LogP contribution in [0.4, 0.5) is 11.4 Å². The summed E-state index contributed by atoms with van der Waals surface area (Å²) in [5, 5.41) is 9.44. The monoisotopic (exact) mass is 1030 g/mol. The molecule has 1 aliphatic carbocycles. The quantitative estimate of drug-likeness (QED) is 0.0365. The highest BCUT2D eigenvalue weighted by Gasteiger charge is 2.43. The minimum atomic E-state index is -0.439. The predicted molar refractivity (Wildman–Crippen MR) is 309 cm³/mol. The number of thiophene rings is 2. The Bertz CT molecular complexity index is 2820. The van der Waals surface area contributed by atoms with Crippen LogP contribution in [0.25, 0.3) is 35.4 Å². The second-order valence-corrected chi connectivity index (χ2v) is 20.0. The molecule has 1 aliphatic rings. The van der Waals surface area contributed by atoms with E-state index < -0.39 is 5.41 Å². The van der Waals surface area contributed by atoms with Gasteiger partial charge in [0.2, 0.25) is 0 Å². The number of nitrogens with zero attached hydrogens (tertiary/aromatic N) is 2. The third-order valence-corrected chi connectivity index (χ3v) is 15.1. The molecule has 0 amide bonds. The van der Waals surface area contributed by atoms with Gasteiger partial charge >= 0.3 is 0 Å². The van der Waals surface area contributed by atoms with Gasteiger partial charge in [-0.05, 0) is 152 Å². The first kappa shape index (κ1) is 55.9. The largest absolute Gasteiger partial charge is 0.395 e. The summed E-state index contributed by atoms with van der Waals surface area (Å²) in [6, 6.07) is 39.0. The van der Waals surface area contributed by atoms with Crippen LogP contribution in [0.15, 0.2) is 109 Å². The number of hydrogen-bond donors (Lipinski definition) is 1. The van der Waals surface area contributed by atoms with Crippen LogP contribution in [0.2, 0.25) is 0 Å². The van der Waals surface area contributed by atoms with Crippen LogP contribution in [0.5, 0.6) is 0 Å². The van der Waals surface area contributed by atoms with Crippen molar-refractivity contribution in [1.29, 1.82) is 0 Å². The van der Waals surface area contributed by atoms with E-state index in [0.717, 1.165) is 74.4 Å². The number of likely N-dealkylation sites (N-methyl/N-ethyl adjacent to an activating group) is 1. The van der Waals surface area contributed by atoms with Crippen LogP contribution in [-0.2, 0) is 33.8 Å².